The second-order valence-corrected chi connectivity index (χ2v) is 10.3. The number of carbonyl (C=O) groups excluding carboxylic acids is 2. The molecule has 0 bridgehead atoms. The van der Waals surface area contributed by atoms with Gasteiger partial charge in [0.15, 0.2) is 0 Å². The van der Waals surface area contributed by atoms with E-state index in [0.29, 0.717) is 18.8 Å². The molecule has 1 aliphatic heterocycles. The fourth-order valence-electron chi connectivity index (χ4n) is 3.60. The molecule has 2 atom stereocenters. The summed E-state index contributed by atoms with van der Waals surface area (Å²) < 4.78 is 32.4. The Kier molecular flexibility index (Phi) is 6.40. The highest BCUT2D eigenvalue weighted by Gasteiger charge is 2.32. The van der Waals surface area contributed by atoms with Gasteiger partial charge in [0, 0.05) is 18.7 Å². The summed E-state index contributed by atoms with van der Waals surface area (Å²) in [5, 5.41) is 4.32. The van der Waals surface area contributed by atoms with Gasteiger partial charge in [-0.25, -0.2) is 13.2 Å². The SMILES string of the molecule is COC(=O)c1sccc1NC(=O)c1cccc(S(=O)(=O)N2C[C@@H](C)C[C@H](C)C2)c1. The molecule has 9 heteroatoms. The zero-order valence-corrected chi connectivity index (χ0v) is 18.2. The molecule has 0 spiro atoms. The Balaban J connectivity index is 1.83. The van der Waals surface area contributed by atoms with E-state index >= 15 is 0 Å². The molecule has 2 aromatic rings. The zero-order chi connectivity index (χ0) is 21.2. The maximum absolute atomic E-state index is 13.1. The normalized spacial score (nSPS) is 20.2. The molecule has 1 aromatic heterocycles. The first-order chi connectivity index (χ1) is 13.7. The molecule has 0 saturated carbocycles. The number of nitrogens with one attached hydrogen (secondary N) is 1. The second-order valence-electron chi connectivity index (χ2n) is 7.41. The average molecular weight is 437 g/mol. The standard InChI is InChI=1S/C20H24N2O5S2/c1-13-9-14(2)12-22(11-13)29(25,26)16-6-4-5-15(10-16)19(23)21-17-7-8-28-18(17)20(24)27-3/h4-8,10,13-14H,9,11-12H2,1-3H3,(H,21,23)/t13-,14-/m0/s1. The van der Waals surface area contributed by atoms with Crippen LogP contribution in [0, 0.1) is 11.8 Å². The van der Waals surface area contributed by atoms with E-state index in [1.54, 1.807) is 23.6 Å². The largest absolute Gasteiger partial charge is 0.465 e. The number of sulfonamides is 1. The van der Waals surface area contributed by atoms with Crippen LogP contribution in [0.25, 0.3) is 0 Å². The maximum Gasteiger partial charge on any atom is 0.350 e. The Hall–Kier alpha value is -2.23. The van der Waals surface area contributed by atoms with Crippen molar-refractivity contribution in [3.05, 3.63) is 46.2 Å². The highest BCUT2D eigenvalue weighted by atomic mass is 32.2. The molecule has 1 aliphatic rings. The number of anilines is 1. The highest BCUT2D eigenvalue weighted by molar-refractivity contribution is 7.89. The lowest BCUT2D eigenvalue weighted by Crippen LogP contribution is -2.42. The van der Waals surface area contributed by atoms with Gasteiger partial charge in [-0.15, -0.1) is 11.3 Å². The summed E-state index contributed by atoms with van der Waals surface area (Å²) in [7, 11) is -2.42. The Bertz CT molecular complexity index is 1010. The molecular formula is C20H24N2O5S2. The van der Waals surface area contributed by atoms with Crippen LogP contribution in [0.5, 0.6) is 0 Å². The number of nitrogens with zero attached hydrogens (tertiary/aromatic N) is 1. The monoisotopic (exact) mass is 436 g/mol. The molecule has 156 valence electrons. The summed E-state index contributed by atoms with van der Waals surface area (Å²) >= 11 is 1.15. The predicted molar refractivity (Wildman–Crippen MR) is 112 cm³/mol. The molecule has 1 saturated heterocycles. The van der Waals surface area contributed by atoms with Gasteiger partial charge >= 0.3 is 5.97 Å². The average Bonchev–Trinajstić information content (AvgIpc) is 3.14. The van der Waals surface area contributed by atoms with E-state index in [-0.39, 0.29) is 27.2 Å². The van der Waals surface area contributed by atoms with Crippen molar-refractivity contribution in [2.75, 3.05) is 25.5 Å². The Morgan fingerprint density at radius 3 is 2.52 bits per heavy atom. The number of methoxy groups -OCH3 is 1. The third-order valence-corrected chi connectivity index (χ3v) is 7.58. The third-order valence-electron chi connectivity index (χ3n) is 4.85. The summed E-state index contributed by atoms with van der Waals surface area (Å²) in [6, 6.07) is 7.57. The number of rotatable bonds is 5. The van der Waals surface area contributed by atoms with Gasteiger partial charge in [0.25, 0.3) is 5.91 Å². The molecule has 1 amide bonds. The Morgan fingerprint density at radius 1 is 1.17 bits per heavy atom. The van der Waals surface area contributed by atoms with Gasteiger partial charge < -0.3 is 10.1 Å². The highest BCUT2D eigenvalue weighted by Crippen LogP contribution is 2.28. The van der Waals surface area contributed by atoms with Crippen LogP contribution in [0.15, 0.2) is 40.6 Å². The van der Waals surface area contributed by atoms with E-state index in [4.69, 9.17) is 4.74 Å². The van der Waals surface area contributed by atoms with Crippen LogP contribution < -0.4 is 5.32 Å². The molecule has 0 radical (unpaired) electrons. The number of piperidine rings is 1. The Labute approximate surface area is 174 Å². The van der Waals surface area contributed by atoms with E-state index < -0.39 is 21.9 Å². The van der Waals surface area contributed by atoms with Crippen LogP contribution in [-0.4, -0.2) is 44.8 Å². The van der Waals surface area contributed by atoms with Crippen LogP contribution in [0.2, 0.25) is 0 Å². The van der Waals surface area contributed by atoms with E-state index in [2.05, 4.69) is 5.32 Å². The quantitative estimate of drug-likeness (QED) is 0.725. The van der Waals surface area contributed by atoms with Gasteiger partial charge in [0.1, 0.15) is 4.88 Å². The molecule has 3 rings (SSSR count). The third kappa shape index (κ3) is 4.68. The van der Waals surface area contributed by atoms with Crippen LogP contribution in [-0.2, 0) is 14.8 Å². The van der Waals surface area contributed by atoms with Gasteiger partial charge in [0.05, 0.1) is 17.7 Å². The van der Waals surface area contributed by atoms with Crippen molar-refractivity contribution in [1.29, 1.82) is 0 Å². The van der Waals surface area contributed by atoms with Crippen molar-refractivity contribution in [1.82, 2.24) is 4.31 Å². The van der Waals surface area contributed by atoms with Crippen LogP contribution in [0.4, 0.5) is 5.69 Å². The minimum absolute atomic E-state index is 0.0879. The van der Waals surface area contributed by atoms with E-state index in [1.165, 1.54) is 23.5 Å². The van der Waals surface area contributed by atoms with Gasteiger partial charge in [0.2, 0.25) is 10.0 Å². The number of thiophene rings is 1. The summed E-state index contributed by atoms with van der Waals surface area (Å²) in [5.41, 5.74) is 0.532. The lowest BCUT2D eigenvalue weighted by atomic mass is 9.94. The fraction of sp³-hybridized carbons (Fsp3) is 0.400. The number of amides is 1. The second kappa shape index (κ2) is 8.64. The maximum atomic E-state index is 13.1. The molecule has 2 heterocycles. The zero-order valence-electron chi connectivity index (χ0n) is 16.5. The summed E-state index contributed by atoms with van der Waals surface area (Å²) in [5.74, 6) is -0.461. The molecular weight excluding hydrogens is 412 g/mol. The summed E-state index contributed by atoms with van der Waals surface area (Å²) in [6.45, 7) is 5.03. The van der Waals surface area contributed by atoms with Crippen molar-refractivity contribution in [2.45, 2.75) is 25.2 Å². The number of ether oxygens (including phenoxy) is 1. The van der Waals surface area contributed by atoms with Crippen molar-refractivity contribution in [3.8, 4) is 0 Å². The fourth-order valence-corrected chi connectivity index (χ4v) is 6.09. The first-order valence-corrected chi connectivity index (χ1v) is 11.6. The lowest BCUT2D eigenvalue weighted by Gasteiger charge is -2.34. The van der Waals surface area contributed by atoms with Crippen molar-refractivity contribution in [3.63, 3.8) is 0 Å². The van der Waals surface area contributed by atoms with E-state index in [0.717, 1.165) is 17.8 Å². The number of carbonyl (C=O) groups is 2. The lowest BCUT2D eigenvalue weighted by molar-refractivity contribution is 0.0607. The van der Waals surface area contributed by atoms with Crippen molar-refractivity contribution in [2.24, 2.45) is 11.8 Å². The molecule has 7 nitrogen and oxygen atoms in total. The summed E-state index contributed by atoms with van der Waals surface area (Å²) in [6.07, 6.45) is 0.998. The van der Waals surface area contributed by atoms with E-state index in [9.17, 15) is 18.0 Å². The minimum Gasteiger partial charge on any atom is -0.465 e. The van der Waals surface area contributed by atoms with Crippen molar-refractivity contribution >= 4 is 38.9 Å². The summed E-state index contributed by atoms with van der Waals surface area (Å²) in [4.78, 5) is 24.8. The van der Waals surface area contributed by atoms with E-state index in [1.807, 2.05) is 13.8 Å². The van der Waals surface area contributed by atoms with Gasteiger partial charge in [-0.1, -0.05) is 19.9 Å². The first kappa shape index (κ1) is 21.5. The smallest absolute Gasteiger partial charge is 0.350 e. The minimum atomic E-state index is -3.69. The van der Waals surface area contributed by atoms with Crippen LogP contribution in [0.1, 0.15) is 40.3 Å². The van der Waals surface area contributed by atoms with Crippen LogP contribution >= 0.6 is 11.3 Å². The predicted octanol–water partition coefficient (Wildman–Crippen LogP) is 3.45. The number of hydrogen-bond donors (Lipinski definition) is 1. The molecule has 0 unspecified atom stereocenters. The van der Waals surface area contributed by atoms with Gasteiger partial charge in [-0.2, -0.15) is 4.31 Å². The number of benzene rings is 1. The molecule has 1 aromatic carbocycles. The topological polar surface area (TPSA) is 92.8 Å². The molecule has 1 N–H and O–H groups in total. The van der Waals surface area contributed by atoms with Crippen LogP contribution in [0.3, 0.4) is 0 Å². The number of esters is 1. The molecule has 1 fully saturated rings. The van der Waals surface area contributed by atoms with Crippen molar-refractivity contribution < 1.29 is 22.7 Å². The van der Waals surface area contributed by atoms with Gasteiger partial charge in [-0.05, 0) is 47.9 Å². The molecule has 0 aliphatic carbocycles. The Morgan fingerprint density at radius 2 is 1.86 bits per heavy atom. The number of hydrogen-bond acceptors (Lipinski definition) is 6. The van der Waals surface area contributed by atoms with Gasteiger partial charge in [-0.3, -0.25) is 4.79 Å². The first-order valence-electron chi connectivity index (χ1n) is 9.29. The molecule has 29 heavy (non-hydrogen) atoms.